The third-order valence-corrected chi connectivity index (χ3v) is 2.89. The molecule has 0 aliphatic carbocycles. The van der Waals surface area contributed by atoms with E-state index >= 15 is 0 Å². The molecule has 0 aromatic heterocycles. The van der Waals surface area contributed by atoms with Gasteiger partial charge in [0.05, 0.1) is 6.26 Å². The molecule has 0 rings (SSSR count). The Balaban J connectivity index is 0. The summed E-state index contributed by atoms with van der Waals surface area (Å²) in [5.41, 5.74) is 0. The number of guanidine groups is 1. The van der Waals surface area contributed by atoms with Crippen LogP contribution in [-0.4, -0.2) is 46.8 Å². The van der Waals surface area contributed by atoms with Crippen LogP contribution < -0.4 is 15.4 Å². The second-order valence-electron chi connectivity index (χ2n) is 4.06. The maximum atomic E-state index is 10.9. The number of unbranched alkanes of at least 4 members (excludes halogenated alkanes) is 2. The third-order valence-electron chi connectivity index (χ3n) is 2.16. The number of aliphatic imine (C=N–C) groups is 1. The lowest BCUT2D eigenvalue weighted by molar-refractivity contribution is 0.586. The summed E-state index contributed by atoms with van der Waals surface area (Å²) in [6.45, 7) is 6.62. The van der Waals surface area contributed by atoms with Gasteiger partial charge < -0.3 is 10.6 Å². The minimum Gasteiger partial charge on any atom is -0.357 e. The van der Waals surface area contributed by atoms with Gasteiger partial charge in [-0.05, 0) is 13.3 Å². The van der Waals surface area contributed by atoms with Crippen molar-refractivity contribution in [3.8, 4) is 0 Å². The van der Waals surface area contributed by atoms with Crippen LogP contribution in [0, 0.1) is 0 Å². The molecule has 19 heavy (non-hydrogen) atoms. The quantitative estimate of drug-likeness (QED) is 0.230. The summed E-state index contributed by atoms with van der Waals surface area (Å²) in [6.07, 6.45) is 4.59. The van der Waals surface area contributed by atoms with Gasteiger partial charge in [-0.1, -0.05) is 19.8 Å². The summed E-state index contributed by atoms with van der Waals surface area (Å²) >= 11 is 0. The average Bonchev–Trinajstić information content (AvgIpc) is 2.28. The van der Waals surface area contributed by atoms with Gasteiger partial charge in [-0.3, -0.25) is 4.99 Å². The predicted molar refractivity (Wildman–Crippen MR) is 91.8 cm³/mol. The summed E-state index contributed by atoms with van der Waals surface area (Å²) in [5.74, 6) is 0.740. The van der Waals surface area contributed by atoms with Crippen LogP contribution >= 0.6 is 24.0 Å². The van der Waals surface area contributed by atoms with Crippen LogP contribution in [0.2, 0.25) is 0 Å². The van der Waals surface area contributed by atoms with E-state index in [4.69, 9.17) is 0 Å². The van der Waals surface area contributed by atoms with Gasteiger partial charge in [0.2, 0.25) is 10.0 Å². The van der Waals surface area contributed by atoms with Crippen molar-refractivity contribution in [3.63, 3.8) is 0 Å². The molecule has 0 fully saturated rings. The van der Waals surface area contributed by atoms with Gasteiger partial charge >= 0.3 is 0 Å². The lowest BCUT2D eigenvalue weighted by Gasteiger charge is -2.11. The molecule has 0 atom stereocenters. The molecule has 0 spiro atoms. The van der Waals surface area contributed by atoms with Gasteiger partial charge in [0.1, 0.15) is 0 Å². The molecular formula is C11H27IN4O2S. The molecule has 0 saturated carbocycles. The SMILES string of the molecule is CCCCCN=C(NCC)NCCNS(C)(=O)=O.I. The fourth-order valence-corrected chi connectivity index (χ4v) is 1.78. The molecule has 0 saturated heterocycles. The summed E-state index contributed by atoms with van der Waals surface area (Å²) in [4.78, 5) is 4.40. The molecule has 6 nitrogen and oxygen atoms in total. The van der Waals surface area contributed by atoms with E-state index in [1.54, 1.807) is 0 Å². The first-order valence-corrected chi connectivity index (χ1v) is 8.35. The van der Waals surface area contributed by atoms with Crippen molar-refractivity contribution in [1.29, 1.82) is 0 Å². The van der Waals surface area contributed by atoms with E-state index in [0.717, 1.165) is 31.7 Å². The van der Waals surface area contributed by atoms with Crippen molar-refractivity contribution in [1.82, 2.24) is 15.4 Å². The molecule has 0 bridgehead atoms. The molecule has 0 aromatic rings. The molecule has 0 aliphatic rings. The van der Waals surface area contributed by atoms with Crippen LogP contribution in [0.1, 0.15) is 33.1 Å². The van der Waals surface area contributed by atoms with E-state index in [2.05, 4.69) is 27.3 Å². The smallest absolute Gasteiger partial charge is 0.208 e. The molecule has 0 aliphatic heterocycles. The first-order chi connectivity index (χ1) is 8.49. The van der Waals surface area contributed by atoms with Gasteiger partial charge in [-0.25, -0.2) is 13.1 Å². The van der Waals surface area contributed by atoms with Crippen LogP contribution in [0.15, 0.2) is 4.99 Å². The third kappa shape index (κ3) is 15.9. The fourth-order valence-electron chi connectivity index (χ4n) is 1.31. The number of hydrogen-bond acceptors (Lipinski definition) is 3. The monoisotopic (exact) mass is 406 g/mol. The lowest BCUT2D eigenvalue weighted by Crippen LogP contribution is -2.41. The van der Waals surface area contributed by atoms with Crippen molar-refractivity contribution in [2.24, 2.45) is 4.99 Å². The van der Waals surface area contributed by atoms with Gasteiger partial charge in [-0.15, -0.1) is 24.0 Å². The Labute approximate surface area is 134 Å². The van der Waals surface area contributed by atoms with Gasteiger partial charge in [0, 0.05) is 26.2 Å². The number of nitrogens with zero attached hydrogens (tertiary/aromatic N) is 1. The molecule has 0 heterocycles. The zero-order valence-electron chi connectivity index (χ0n) is 12.0. The molecule has 8 heteroatoms. The topological polar surface area (TPSA) is 82.6 Å². The minimum absolute atomic E-state index is 0. The Hall–Kier alpha value is -0.0900. The van der Waals surface area contributed by atoms with E-state index in [0.29, 0.717) is 13.1 Å². The van der Waals surface area contributed by atoms with E-state index in [-0.39, 0.29) is 24.0 Å². The first kappa shape index (κ1) is 21.2. The van der Waals surface area contributed by atoms with E-state index in [1.165, 1.54) is 12.8 Å². The lowest BCUT2D eigenvalue weighted by atomic mass is 10.2. The zero-order valence-corrected chi connectivity index (χ0v) is 15.2. The van der Waals surface area contributed by atoms with Gasteiger partial charge in [0.15, 0.2) is 5.96 Å². The van der Waals surface area contributed by atoms with Crippen LogP contribution in [0.3, 0.4) is 0 Å². The number of nitrogens with one attached hydrogen (secondary N) is 3. The second-order valence-corrected chi connectivity index (χ2v) is 5.89. The highest BCUT2D eigenvalue weighted by Gasteiger charge is 2.00. The van der Waals surface area contributed by atoms with Crippen molar-refractivity contribution in [2.75, 3.05) is 32.4 Å². The number of rotatable bonds is 9. The van der Waals surface area contributed by atoms with E-state index in [9.17, 15) is 8.42 Å². The van der Waals surface area contributed by atoms with Crippen molar-refractivity contribution in [3.05, 3.63) is 0 Å². The van der Waals surface area contributed by atoms with Crippen LogP contribution in [0.4, 0.5) is 0 Å². The number of hydrogen-bond donors (Lipinski definition) is 3. The highest BCUT2D eigenvalue weighted by atomic mass is 127. The molecular weight excluding hydrogens is 379 g/mol. The average molecular weight is 406 g/mol. The molecule has 0 radical (unpaired) electrons. The molecule has 116 valence electrons. The largest absolute Gasteiger partial charge is 0.357 e. The minimum atomic E-state index is -3.11. The summed E-state index contributed by atoms with van der Waals surface area (Å²) < 4.78 is 24.1. The van der Waals surface area contributed by atoms with Crippen molar-refractivity contribution < 1.29 is 8.42 Å². The predicted octanol–water partition coefficient (Wildman–Crippen LogP) is 0.899. The van der Waals surface area contributed by atoms with Gasteiger partial charge in [-0.2, -0.15) is 0 Å². The van der Waals surface area contributed by atoms with Crippen LogP contribution in [0.5, 0.6) is 0 Å². The summed E-state index contributed by atoms with van der Waals surface area (Å²) in [7, 11) is -3.11. The van der Waals surface area contributed by atoms with Gasteiger partial charge in [0.25, 0.3) is 0 Å². The maximum absolute atomic E-state index is 10.9. The normalized spacial score (nSPS) is 11.8. The highest BCUT2D eigenvalue weighted by Crippen LogP contribution is 1.93. The zero-order chi connectivity index (χ0) is 13.9. The van der Waals surface area contributed by atoms with Crippen LogP contribution in [0.25, 0.3) is 0 Å². The Morgan fingerprint density at radius 2 is 1.79 bits per heavy atom. The van der Waals surface area contributed by atoms with Crippen molar-refractivity contribution in [2.45, 2.75) is 33.1 Å². The second kappa shape index (κ2) is 12.9. The Morgan fingerprint density at radius 1 is 1.11 bits per heavy atom. The Morgan fingerprint density at radius 3 is 2.32 bits per heavy atom. The Bertz CT molecular complexity index is 334. The molecule has 0 amide bonds. The highest BCUT2D eigenvalue weighted by molar-refractivity contribution is 14.0. The van der Waals surface area contributed by atoms with Crippen molar-refractivity contribution >= 4 is 40.0 Å². The van der Waals surface area contributed by atoms with E-state index in [1.807, 2.05) is 6.92 Å². The fraction of sp³-hybridized carbons (Fsp3) is 0.909. The summed E-state index contributed by atoms with van der Waals surface area (Å²) in [6, 6.07) is 0. The standard InChI is InChI=1S/C11H26N4O2S.HI/c1-4-6-7-8-13-11(12-5-2)14-9-10-15-18(3,16)17;/h15H,4-10H2,1-3H3,(H2,12,13,14);1H. The molecule has 0 aromatic carbocycles. The summed E-state index contributed by atoms with van der Waals surface area (Å²) in [5, 5.41) is 6.20. The van der Waals surface area contributed by atoms with E-state index < -0.39 is 10.0 Å². The number of halogens is 1. The number of sulfonamides is 1. The van der Waals surface area contributed by atoms with Crippen LogP contribution in [-0.2, 0) is 10.0 Å². The molecule has 3 N–H and O–H groups in total. The Kier molecular flexibility index (Phi) is 14.4. The molecule has 0 unspecified atom stereocenters. The first-order valence-electron chi connectivity index (χ1n) is 6.46. The maximum Gasteiger partial charge on any atom is 0.208 e.